The van der Waals surface area contributed by atoms with E-state index in [0.717, 1.165) is 7.11 Å². The van der Waals surface area contributed by atoms with Crippen LogP contribution in [0.5, 0.6) is 0 Å². The first-order valence-corrected chi connectivity index (χ1v) is 6.54. The van der Waals surface area contributed by atoms with Crippen LogP contribution in [-0.2, 0) is 23.9 Å². The van der Waals surface area contributed by atoms with Crippen LogP contribution in [-0.4, -0.2) is 53.6 Å². The number of hydrogen-bond acceptors (Lipinski definition) is 6. The van der Waals surface area contributed by atoms with Crippen LogP contribution in [0.3, 0.4) is 0 Å². The van der Waals surface area contributed by atoms with E-state index >= 15 is 0 Å². The van der Waals surface area contributed by atoms with Crippen molar-refractivity contribution in [2.75, 3.05) is 7.11 Å². The van der Waals surface area contributed by atoms with Crippen molar-refractivity contribution in [2.45, 2.75) is 45.0 Å². The molecule has 1 rings (SSSR count). The van der Waals surface area contributed by atoms with Crippen molar-refractivity contribution >= 4 is 23.8 Å². The number of carbonyl (C=O) groups is 4. The zero-order valence-electron chi connectivity index (χ0n) is 12.9. The van der Waals surface area contributed by atoms with Gasteiger partial charge in [-0.15, -0.1) is 0 Å². The number of ketones is 1. The quantitative estimate of drug-likeness (QED) is 0.559. The molecular weight excluding hydrogens is 323 g/mol. The minimum absolute atomic E-state index is 0.214. The molecule has 130 valence electrons. The number of ether oxygens (including phenoxy) is 2. The Hall–Kier alpha value is -2.13. The SMILES string of the molecule is COC(=O)[C@@H]1CC(C(=O)C(F)(F)F)C(=O)N1C(=O)OC(C)(C)C. The molecule has 1 heterocycles. The molecule has 0 aliphatic carbocycles. The number of alkyl halides is 3. The first-order valence-electron chi connectivity index (χ1n) is 6.54. The Morgan fingerprint density at radius 1 is 1.17 bits per heavy atom. The van der Waals surface area contributed by atoms with Crippen molar-refractivity contribution < 1.29 is 41.8 Å². The van der Waals surface area contributed by atoms with Crippen molar-refractivity contribution in [1.29, 1.82) is 0 Å². The second kappa shape index (κ2) is 6.17. The average molecular weight is 339 g/mol. The molecule has 0 aromatic heterocycles. The van der Waals surface area contributed by atoms with E-state index in [4.69, 9.17) is 4.74 Å². The maximum absolute atomic E-state index is 12.5. The van der Waals surface area contributed by atoms with E-state index in [1.54, 1.807) is 0 Å². The molecule has 1 fully saturated rings. The standard InChI is InChI=1S/C13H16F3NO6/c1-12(2,3)23-11(21)17-7(10(20)22-4)5-6(9(17)19)8(18)13(14,15)16/h6-7H,5H2,1-4H3/t6?,7-/m0/s1. The maximum Gasteiger partial charge on any atom is 0.450 e. The van der Waals surface area contributed by atoms with Crippen LogP contribution in [0.1, 0.15) is 27.2 Å². The van der Waals surface area contributed by atoms with E-state index in [2.05, 4.69) is 4.74 Å². The summed E-state index contributed by atoms with van der Waals surface area (Å²) in [7, 11) is 0.943. The molecule has 0 N–H and O–H groups in total. The van der Waals surface area contributed by atoms with E-state index in [1.807, 2.05) is 0 Å². The molecule has 0 radical (unpaired) electrons. The first-order chi connectivity index (χ1) is 10.3. The highest BCUT2D eigenvalue weighted by Gasteiger charge is 2.56. The Balaban J connectivity index is 3.15. The Labute approximate surface area is 129 Å². The minimum Gasteiger partial charge on any atom is -0.467 e. The smallest absolute Gasteiger partial charge is 0.450 e. The van der Waals surface area contributed by atoms with Crippen LogP contribution in [0.15, 0.2) is 0 Å². The van der Waals surface area contributed by atoms with Gasteiger partial charge in [0.25, 0.3) is 0 Å². The molecule has 0 bridgehead atoms. The molecule has 1 saturated heterocycles. The number of halogens is 3. The number of carbonyl (C=O) groups excluding carboxylic acids is 4. The summed E-state index contributed by atoms with van der Waals surface area (Å²) < 4.78 is 46.9. The van der Waals surface area contributed by atoms with Crippen LogP contribution in [0.2, 0.25) is 0 Å². The van der Waals surface area contributed by atoms with E-state index in [9.17, 15) is 32.3 Å². The van der Waals surface area contributed by atoms with Crippen LogP contribution in [0.4, 0.5) is 18.0 Å². The number of hydrogen-bond donors (Lipinski definition) is 0. The van der Waals surface area contributed by atoms with E-state index < -0.39 is 53.9 Å². The molecule has 0 aromatic carbocycles. The molecule has 0 spiro atoms. The number of nitrogens with zero attached hydrogens (tertiary/aromatic N) is 1. The van der Waals surface area contributed by atoms with Crippen molar-refractivity contribution in [2.24, 2.45) is 5.92 Å². The Kier molecular flexibility index (Phi) is 5.07. The summed E-state index contributed by atoms with van der Waals surface area (Å²) in [6.07, 6.45) is -7.37. The molecular formula is C13H16F3NO6. The van der Waals surface area contributed by atoms with Crippen molar-refractivity contribution in [1.82, 2.24) is 4.90 Å². The van der Waals surface area contributed by atoms with Gasteiger partial charge in [0.2, 0.25) is 11.7 Å². The molecule has 1 aliphatic heterocycles. The number of likely N-dealkylation sites (tertiary alicyclic amines) is 1. The number of methoxy groups -OCH3 is 1. The maximum atomic E-state index is 12.5. The molecule has 7 nitrogen and oxygen atoms in total. The van der Waals surface area contributed by atoms with E-state index in [-0.39, 0.29) is 4.90 Å². The van der Waals surface area contributed by atoms with Gasteiger partial charge in [0.1, 0.15) is 17.6 Å². The molecule has 2 amide bonds. The third-order valence-corrected chi connectivity index (χ3v) is 2.97. The summed E-state index contributed by atoms with van der Waals surface area (Å²) in [5.41, 5.74) is -1.05. The first kappa shape index (κ1) is 18.9. The summed E-state index contributed by atoms with van der Waals surface area (Å²) in [4.78, 5) is 47.2. The number of Topliss-reactive ketones (excluding diaryl/α,β-unsaturated/α-hetero) is 1. The van der Waals surface area contributed by atoms with E-state index in [0.29, 0.717) is 0 Å². The highest BCUT2D eigenvalue weighted by molar-refractivity contribution is 6.11. The van der Waals surface area contributed by atoms with Gasteiger partial charge in [-0.1, -0.05) is 0 Å². The lowest BCUT2D eigenvalue weighted by Crippen LogP contribution is -2.46. The van der Waals surface area contributed by atoms with Gasteiger partial charge < -0.3 is 9.47 Å². The second-order valence-corrected chi connectivity index (χ2v) is 5.88. The predicted molar refractivity (Wildman–Crippen MR) is 68.1 cm³/mol. The minimum atomic E-state index is -5.26. The fourth-order valence-electron chi connectivity index (χ4n) is 2.03. The second-order valence-electron chi connectivity index (χ2n) is 5.88. The highest BCUT2D eigenvalue weighted by Crippen LogP contribution is 2.33. The largest absolute Gasteiger partial charge is 0.467 e. The van der Waals surface area contributed by atoms with Gasteiger partial charge in [0, 0.05) is 0 Å². The fraction of sp³-hybridized carbons (Fsp3) is 0.692. The Morgan fingerprint density at radius 2 is 1.70 bits per heavy atom. The monoisotopic (exact) mass is 339 g/mol. The van der Waals surface area contributed by atoms with Gasteiger partial charge in [-0.3, -0.25) is 9.59 Å². The lowest BCUT2D eigenvalue weighted by molar-refractivity contribution is -0.176. The summed E-state index contributed by atoms with van der Waals surface area (Å²) in [5, 5.41) is 0. The normalized spacial score (nSPS) is 22.0. The van der Waals surface area contributed by atoms with Crippen LogP contribution >= 0.6 is 0 Å². The summed E-state index contributed by atoms with van der Waals surface area (Å²) >= 11 is 0. The lowest BCUT2D eigenvalue weighted by atomic mass is 9.99. The lowest BCUT2D eigenvalue weighted by Gasteiger charge is -2.26. The number of amides is 2. The average Bonchev–Trinajstić information content (AvgIpc) is 2.71. The number of rotatable bonds is 2. The van der Waals surface area contributed by atoms with Gasteiger partial charge in [-0.05, 0) is 27.2 Å². The van der Waals surface area contributed by atoms with E-state index in [1.165, 1.54) is 20.8 Å². The Morgan fingerprint density at radius 3 is 2.09 bits per heavy atom. The zero-order chi connectivity index (χ0) is 18.2. The molecule has 1 aliphatic rings. The van der Waals surface area contributed by atoms with Gasteiger partial charge >= 0.3 is 18.2 Å². The number of imide groups is 1. The fourth-order valence-corrected chi connectivity index (χ4v) is 2.03. The van der Waals surface area contributed by atoms with Crippen molar-refractivity contribution in [3.05, 3.63) is 0 Å². The highest BCUT2D eigenvalue weighted by atomic mass is 19.4. The van der Waals surface area contributed by atoms with Gasteiger partial charge in [0.15, 0.2) is 0 Å². The zero-order valence-corrected chi connectivity index (χ0v) is 12.9. The van der Waals surface area contributed by atoms with Crippen LogP contribution < -0.4 is 0 Å². The topological polar surface area (TPSA) is 90.0 Å². The molecule has 1 unspecified atom stereocenters. The van der Waals surface area contributed by atoms with Crippen molar-refractivity contribution in [3.8, 4) is 0 Å². The molecule has 2 atom stereocenters. The summed E-state index contributed by atoms with van der Waals surface area (Å²) in [5.74, 6) is -7.03. The van der Waals surface area contributed by atoms with Crippen LogP contribution in [0.25, 0.3) is 0 Å². The third-order valence-electron chi connectivity index (χ3n) is 2.97. The van der Waals surface area contributed by atoms with Gasteiger partial charge in [-0.25, -0.2) is 14.5 Å². The predicted octanol–water partition coefficient (Wildman–Crippen LogP) is 1.44. The third kappa shape index (κ3) is 4.20. The molecule has 0 aromatic rings. The van der Waals surface area contributed by atoms with Crippen LogP contribution in [0, 0.1) is 5.92 Å². The molecule has 23 heavy (non-hydrogen) atoms. The Bertz CT molecular complexity index is 537. The number of esters is 1. The summed E-state index contributed by atoms with van der Waals surface area (Å²) in [6, 6.07) is -1.64. The summed E-state index contributed by atoms with van der Waals surface area (Å²) in [6.45, 7) is 4.41. The van der Waals surface area contributed by atoms with Gasteiger partial charge in [0.05, 0.1) is 7.11 Å². The molecule has 10 heteroatoms. The van der Waals surface area contributed by atoms with Gasteiger partial charge in [-0.2, -0.15) is 13.2 Å². The molecule has 0 saturated carbocycles. The van der Waals surface area contributed by atoms with Crippen molar-refractivity contribution in [3.63, 3.8) is 0 Å².